The monoisotopic (exact) mass is 216 g/mol. The maximum atomic E-state index is 11.2. The minimum atomic E-state index is -0.459. The summed E-state index contributed by atoms with van der Waals surface area (Å²) < 4.78 is 0. The molecule has 2 amide bonds. The minimum Gasteiger partial charge on any atom is -0.393 e. The van der Waals surface area contributed by atoms with E-state index in [0.29, 0.717) is 25.8 Å². The molecule has 0 aromatic rings. The van der Waals surface area contributed by atoms with Crippen LogP contribution in [0.25, 0.3) is 0 Å². The molecule has 15 heavy (non-hydrogen) atoms. The highest BCUT2D eigenvalue weighted by Gasteiger charge is 2.06. The van der Waals surface area contributed by atoms with Gasteiger partial charge in [-0.1, -0.05) is 0 Å². The van der Waals surface area contributed by atoms with Crippen LogP contribution in [0.15, 0.2) is 0 Å². The molecule has 1 atom stereocenters. The molecule has 0 saturated carbocycles. The van der Waals surface area contributed by atoms with Crippen LogP contribution in [-0.4, -0.2) is 48.6 Å². The van der Waals surface area contributed by atoms with Crippen LogP contribution in [0.2, 0.25) is 0 Å². The Balaban J connectivity index is 3.51. The zero-order valence-corrected chi connectivity index (χ0v) is 9.62. The lowest BCUT2D eigenvalue weighted by atomic mass is 10.2. The van der Waals surface area contributed by atoms with E-state index >= 15 is 0 Å². The first-order valence-electron chi connectivity index (χ1n) is 5.08. The first-order valence-corrected chi connectivity index (χ1v) is 5.08. The van der Waals surface area contributed by atoms with Gasteiger partial charge in [0.1, 0.15) is 0 Å². The summed E-state index contributed by atoms with van der Waals surface area (Å²) in [5, 5.41) is 11.6. The number of hydrogen-bond donors (Lipinski definition) is 2. The number of carbonyl (C=O) groups excluding carboxylic acids is 2. The summed E-state index contributed by atoms with van der Waals surface area (Å²) in [5.74, 6) is -0.131. The number of aliphatic hydroxyl groups excluding tert-OH is 1. The summed E-state index contributed by atoms with van der Waals surface area (Å²) in [5.41, 5.74) is 0. The minimum absolute atomic E-state index is 0.00849. The van der Waals surface area contributed by atoms with E-state index in [-0.39, 0.29) is 11.8 Å². The summed E-state index contributed by atoms with van der Waals surface area (Å²) in [6.07, 6.45) is 0.605. The number of rotatable bonds is 6. The molecule has 0 aliphatic heterocycles. The average molecular weight is 216 g/mol. The van der Waals surface area contributed by atoms with Crippen molar-refractivity contribution in [2.24, 2.45) is 0 Å². The van der Waals surface area contributed by atoms with Gasteiger partial charge >= 0.3 is 0 Å². The molecular weight excluding hydrogens is 196 g/mol. The van der Waals surface area contributed by atoms with Crippen molar-refractivity contribution < 1.29 is 14.7 Å². The van der Waals surface area contributed by atoms with E-state index in [0.717, 1.165) is 0 Å². The van der Waals surface area contributed by atoms with Gasteiger partial charge in [0.2, 0.25) is 11.8 Å². The van der Waals surface area contributed by atoms with Gasteiger partial charge in [-0.15, -0.1) is 0 Å². The lowest BCUT2D eigenvalue weighted by molar-refractivity contribution is -0.128. The highest BCUT2D eigenvalue weighted by atomic mass is 16.3. The van der Waals surface area contributed by atoms with Crippen LogP contribution in [0.5, 0.6) is 0 Å². The second-order valence-corrected chi connectivity index (χ2v) is 3.78. The Kier molecular flexibility index (Phi) is 6.70. The van der Waals surface area contributed by atoms with Crippen LogP contribution in [-0.2, 0) is 9.59 Å². The predicted molar refractivity (Wildman–Crippen MR) is 57.2 cm³/mol. The lowest BCUT2D eigenvalue weighted by Crippen LogP contribution is -2.30. The normalized spacial score (nSPS) is 12.0. The van der Waals surface area contributed by atoms with Crippen LogP contribution in [0.4, 0.5) is 0 Å². The molecule has 5 heteroatoms. The number of nitrogens with zero attached hydrogens (tertiary/aromatic N) is 1. The van der Waals surface area contributed by atoms with Gasteiger partial charge in [-0.25, -0.2) is 0 Å². The summed E-state index contributed by atoms with van der Waals surface area (Å²) in [4.78, 5) is 23.8. The lowest BCUT2D eigenvalue weighted by Gasteiger charge is -2.10. The molecule has 0 rings (SSSR count). The Morgan fingerprint density at radius 1 is 1.33 bits per heavy atom. The van der Waals surface area contributed by atoms with Crippen LogP contribution in [0.1, 0.15) is 26.2 Å². The molecule has 0 spiro atoms. The smallest absolute Gasteiger partial charge is 0.223 e. The summed E-state index contributed by atoms with van der Waals surface area (Å²) in [6, 6.07) is 0. The molecule has 88 valence electrons. The van der Waals surface area contributed by atoms with Crippen molar-refractivity contribution in [2.75, 3.05) is 20.6 Å². The van der Waals surface area contributed by atoms with Crippen molar-refractivity contribution in [1.29, 1.82) is 0 Å². The maximum absolute atomic E-state index is 11.2. The fourth-order valence-electron chi connectivity index (χ4n) is 0.961. The first-order chi connectivity index (χ1) is 6.93. The Hall–Kier alpha value is -1.10. The van der Waals surface area contributed by atoms with E-state index in [2.05, 4.69) is 5.32 Å². The average Bonchev–Trinajstić information content (AvgIpc) is 2.14. The molecule has 0 bridgehead atoms. The molecule has 0 radical (unpaired) electrons. The SMILES string of the molecule is CC(O)CCC(=O)NCCC(=O)N(C)C. The Morgan fingerprint density at radius 2 is 1.93 bits per heavy atom. The molecule has 2 N–H and O–H groups in total. The highest BCUT2D eigenvalue weighted by molar-refractivity contribution is 5.78. The molecule has 0 fully saturated rings. The van der Waals surface area contributed by atoms with Gasteiger partial charge in [0.15, 0.2) is 0 Å². The second-order valence-electron chi connectivity index (χ2n) is 3.78. The molecule has 0 aliphatic carbocycles. The number of nitrogens with one attached hydrogen (secondary N) is 1. The van der Waals surface area contributed by atoms with E-state index in [4.69, 9.17) is 5.11 Å². The van der Waals surface area contributed by atoms with Crippen LogP contribution in [0.3, 0.4) is 0 Å². The van der Waals surface area contributed by atoms with Crippen LogP contribution < -0.4 is 5.32 Å². The van der Waals surface area contributed by atoms with Crippen molar-refractivity contribution in [3.63, 3.8) is 0 Å². The third-order valence-electron chi connectivity index (χ3n) is 1.95. The molecule has 0 aromatic heterocycles. The third kappa shape index (κ3) is 7.93. The molecular formula is C10H20N2O3. The Labute approximate surface area is 90.5 Å². The molecule has 0 heterocycles. The topological polar surface area (TPSA) is 69.6 Å². The highest BCUT2D eigenvalue weighted by Crippen LogP contribution is 1.95. The summed E-state index contributed by atoms with van der Waals surface area (Å²) >= 11 is 0. The van der Waals surface area contributed by atoms with E-state index in [9.17, 15) is 9.59 Å². The fourth-order valence-corrected chi connectivity index (χ4v) is 0.961. The fraction of sp³-hybridized carbons (Fsp3) is 0.800. The first kappa shape index (κ1) is 13.9. The molecule has 1 unspecified atom stereocenters. The number of carbonyl (C=O) groups is 2. The number of hydrogen-bond acceptors (Lipinski definition) is 3. The molecule has 0 saturated heterocycles. The summed E-state index contributed by atoms with van der Waals surface area (Å²) in [7, 11) is 3.36. The quantitative estimate of drug-likeness (QED) is 0.643. The van der Waals surface area contributed by atoms with Crippen LogP contribution in [0, 0.1) is 0 Å². The number of amides is 2. The zero-order valence-electron chi connectivity index (χ0n) is 9.62. The second kappa shape index (κ2) is 7.23. The third-order valence-corrected chi connectivity index (χ3v) is 1.95. The Bertz CT molecular complexity index is 215. The van der Waals surface area contributed by atoms with Gasteiger partial charge in [0, 0.05) is 33.5 Å². The molecule has 5 nitrogen and oxygen atoms in total. The van der Waals surface area contributed by atoms with Gasteiger partial charge in [-0.3, -0.25) is 9.59 Å². The standard InChI is InChI=1S/C10H20N2O3/c1-8(13)4-5-9(14)11-7-6-10(15)12(2)3/h8,13H,4-7H2,1-3H3,(H,11,14). The van der Waals surface area contributed by atoms with Crippen molar-refractivity contribution in [3.05, 3.63) is 0 Å². The number of aliphatic hydroxyl groups is 1. The maximum Gasteiger partial charge on any atom is 0.223 e. The van der Waals surface area contributed by atoms with Gasteiger partial charge in [0.25, 0.3) is 0 Å². The van der Waals surface area contributed by atoms with Crippen molar-refractivity contribution in [2.45, 2.75) is 32.3 Å². The van der Waals surface area contributed by atoms with Gasteiger partial charge in [0.05, 0.1) is 6.10 Å². The van der Waals surface area contributed by atoms with E-state index < -0.39 is 6.10 Å². The van der Waals surface area contributed by atoms with Crippen molar-refractivity contribution in [1.82, 2.24) is 10.2 Å². The van der Waals surface area contributed by atoms with Gasteiger partial charge in [-0.2, -0.15) is 0 Å². The summed E-state index contributed by atoms with van der Waals surface area (Å²) in [6.45, 7) is 2.00. The largest absolute Gasteiger partial charge is 0.393 e. The van der Waals surface area contributed by atoms with Gasteiger partial charge < -0.3 is 15.3 Å². The van der Waals surface area contributed by atoms with Crippen molar-refractivity contribution in [3.8, 4) is 0 Å². The van der Waals surface area contributed by atoms with Crippen molar-refractivity contribution >= 4 is 11.8 Å². The molecule has 0 aliphatic rings. The van der Waals surface area contributed by atoms with E-state index in [1.54, 1.807) is 21.0 Å². The van der Waals surface area contributed by atoms with E-state index in [1.807, 2.05) is 0 Å². The zero-order chi connectivity index (χ0) is 11.8. The molecule has 0 aromatic carbocycles. The Morgan fingerprint density at radius 3 is 2.40 bits per heavy atom. The van der Waals surface area contributed by atoms with Crippen LogP contribution >= 0.6 is 0 Å². The van der Waals surface area contributed by atoms with E-state index in [1.165, 1.54) is 4.90 Å². The van der Waals surface area contributed by atoms with Gasteiger partial charge in [-0.05, 0) is 13.3 Å². The predicted octanol–water partition coefficient (Wildman–Crippen LogP) is -0.258.